The Bertz CT molecular complexity index is 1170. The van der Waals surface area contributed by atoms with E-state index >= 15 is 0 Å². The number of fused-ring (bicyclic) bond motifs is 1. The fraction of sp³-hybridized carbons (Fsp3) is 0.261. The molecule has 0 bridgehead atoms. The molecule has 1 atom stereocenters. The van der Waals surface area contributed by atoms with Crippen molar-refractivity contribution < 1.29 is 13.9 Å². The van der Waals surface area contributed by atoms with Crippen LogP contribution in [0.3, 0.4) is 0 Å². The Labute approximate surface area is 173 Å². The predicted octanol–water partition coefficient (Wildman–Crippen LogP) is 4.89. The molecule has 3 heterocycles. The van der Waals surface area contributed by atoms with E-state index < -0.39 is 0 Å². The highest BCUT2D eigenvalue weighted by atomic mass is 16.5. The highest BCUT2D eigenvalue weighted by molar-refractivity contribution is 5.77. The number of nitrogens with two attached hydrogens (primary N) is 1. The van der Waals surface area contributed by atoms with Crippen LogP contribution in [-0.2, 0) is 0 Å². The van der Waals surface area contributed by atoms with Crippen LogP contribution in [0.2, 0.25) is 0 Å². The fourth-order valence-corrected chi connectivity index (χ4v) is 3.07. The van der Waals surface area contributed by atoms with Gasteiger partial charge in [0.05, 0.1) is 24.6 Å². The van der Waals surface area contributed by atoms with Crippen LogP contribution in [-0.4, -0.2) is 21.6 Å². The number of hydrogen-bond acceptors (Lipinski definition) is 7. The molecule has 30 heavy (non-hydrogen) atoms. The Morgan fingerprint density at radius 1 is 1.10 bits per heavy atom. The largest absolute Gasteiger partial charge is 0.492 e. The van der Waals surface area contributed by atoms with E-state index in [1.807, 2.05) is 37.3 Å². The summed E-state index contributed by atoms with van der Waals surface area (Å²) in [6.07, 6.45) is 7.49. The SMILES string of the molecule is CC(N)c1ccc2nc(-c3ccc(Oc4cncc(OCC5CC5)c4)nc3)oc2c1. The number of aromatic nitrogens is 3. The van der Waals surface area contributed by atoms with Crippen LogP contribution >= 0.6 is 0 Å². The Balaban J connectivity index is 1.30. The van der Waals surface area contributed by atoms with Gasteiger partial charge >= 0.3 is 0 Å². The number of hydrogen-bond donors (Lipinski definition) is 1. The summed E-state index contributed by atoms with van der Waals surface area (Å²) in [4.78, 5) is 13.1. The molecule has 0 amide bonds. The van der Waals surface area contributed by atoms with E-state index in [1.54, 1.807) is 24.7 Å². The van der Waals surface area contributed by atoms with Crippen LogP contribution in [0.5, 0.6) is 17.4 Å². The summed E-state index contributed by atoms with van der Waals surface area (Å²) in [7, 11) is 0. The summed E-state index contributed by atoms with van der Waals surface area (Å²) in [5.41, 5.74) is 9.20. The molecule has 1 aliphatic rings. The van der Waals surface area contributed by atoms with Gasteiger partial charge in [0.1, 0.15) is 11.3 Å². The summed E-state index contributed by atoms with van der Waals surface area (Å²) < 4.78 is 17.5. The summed E-state index contributed by atoms with van der Waals surface area (Å²) in [6, 6.07) is 11.2. The molecule has 7 heteroatoms. The van der Waals surface area contributed by atoms with Crippen molar-refractivity contribution in [1.82, 2.24) is 15.0 Å². The van der Waals surface area contributed by atoms with Crippen molar-refractivity contribution in [2.45, 2.75) is 25.8 Å². The van der Waals surface area contributed by atoms with E-state index in [0.29, 0.717) is 34.8 Å². The minimum atomic E-state index is -0.0619. The molecule has 0 saturated heterocycles. The summed E-state index contributed by atoms with van der Waals surface area (Å²) in [6.45, 7) is 2.67. The van der Waals surface area contributed by atoms with Gasteiger partial charge in [0.15, 0.2) is 11.3 Å². The summed E-state index contributed by atoms with van der Waals surface area (Å²) in [5.74, 6) is 2.92. The maximum absolute atomic E-state index is 5.95. The molecule has 0 spiro atoms. The molecule has 7 nitrogen and oxygen atoms in total. The van der Waals surface area contributed by atoms with E-state index in [1.165, 1.54) is 12.8 Å². The van der Waals surface area contributed by atoms with Gasteiger partial charge in [-0.25, -0.2) is 9.97 Å². The van der Waals surface area contributed by atoms with E-state index in [4.69, 9.17) is 19.6 Å². The van der Waals surface area contributed by atoms with Gasteiger partial charge in [0.2, 0.25) is 11.8 Å². The number of benzene rings is 1. The molecule has 1 fully saturated rings. The molecular weight excluding hydrogens is 380 g/mol. The Morgan fingerprint density at radius 2 is 1.97 bits per heavy atom. The smallest absolute Gasteiger partial charge is 0.228 e. The Hall–Kier alpha value is -3.45. The lowest BCUT2D eigenvalue weighted by Crippen LogP contribution is -2.04. The average molecular weight is 402 g/mol. The van der Waals surface area contributed by atoms with Crippen molar-refractivity contribution in [1.29, 1.82) is 0 Å². The molecule has 0 radical (unpaired) electrons. The third-order valence-electron chi connectivity index (χ3n) is 5.01. The second-order valence-electron chi connectivity index (χ2n) is 7.63. The van der Waals surface area contributed by atoms with Gasteiger partial charge in [-0.05, 0) is 49.4 Å². The van der Waals surface area contributed by atoms with Gasteiger partial charge in [-0.2, -0.15) is 0 Å². The first-order valence-electron chi connectivity index (χ1n) is 10.0. The van der Waals surface area contributed by atoms with Gasteiger partial charge < -0.3 is 19.6 Å². The molecule has 4 aromatic rings. The van der Waals surface area contributed by atoms with Crippen molar-refractivity contribution in [3.05, 3.63) is 60.6 Å². The number of ether oxygens (including phenoxy) is 2. The number of pyridine rings is 2. The quantitative estimate of drug-likeness (QED) is 0.470. The minimum Gasteiger partial charge on any atom is -0.492 e. The molecule has 1 saturated carbocycles. The number of oxazole rings is 1. The normalized spacial score (nSPS) is 14.6. The number of nitrogens with zero attached hydrogens (tertiary/aromatic N) is 3. The van der Waals surface area contributed by atoms with Crippen molar-refractivity contribution in [2.24, 2.45) is 11.7 Å². The Morgan fingerprint density at radius 3 is 2.73 bits per heavy atom. The van der Waals surface area contributed by atoms with Gasteiger partial charge in [0.25, 0.3) is 0 Å². The van der Waals surface area contributed by atoms with Gasteiger partial charge in [-0.1, -0.05) is 6.07 Å². The highest BCUT2D eigenvalue weighted by Gasteiger charge is 2.22. The van der Waals surface area contributed by atoms with Crippen molar-refractivity contribution in [2.75, 3.05) is 6.61 Å². The van der Waals surface area contributed by atoms with E-state index in [-0.39, 0.29) is 6.04 Å². The lowest BCUT2D eigenvalue weighted by molar-refractivity contribution is 0.297. The molecular formula is C23H22N4O3. The maximum Gasteiger partial charge on any atom is 0.228 e. The van der Waals surface area contributed by atoms with Crippen LogP contribution in [0.25, 0.3) is 22.6 Å². The van der Waals surface area contributed by atoms with Crippen LogP contribution in [0.4, 0.5) is 0 Å². The van der Waals surface area contributed by atoms with Crippen molar-refractivity contribution >= 4 is 11.1 Å². The lowest BCUT2D eigenvalue weighted by Gasteiger charge is -2.08. The minimum absolute atomic E-state index is 0.0619. The van der Waals surface area contributed by atoms with Crippen LogP contribution in [0.15, 0.2) is 59.4 Å². The molecule has 2 N–H and O–H groups in total. The van der Waals surface area contributed by atoms with E-state index in [9.17, 15) is 0 Å². The fourth-order valence-electron chi connectivity index (χ4n) is 3.07. The summed E-state index contributed by atoms with van der Waals surface area (Å²) in [5, 5.41) is 0. The molecule has 5 rings (SSSR count). The maximum atomic E-state index is 5.95. The van der Waals surface area contributed by atoms with Crippen LogP contribution in [0, 0.1) is 5.92 Å². The van der Waals surface area contributed by atoms with E-state index in [2.05, 4.69) is 15.0 Å². The van der Waals surface area contributed by atoms with Crippen molar-refractivity contribution in [3.63, 3.8) is 0 Å². The Kier molecular flexibility index (Phi) is 4.80. The second-order valence-corrected chi connectivity index (χ2v) is 7.63. The molecule has 3 aromatic heterocycles. The van der Waals surface area contributed by atoms with Gasteiger partial charge in [-0.15, -0.1) is 0 Å². The topological polar surface area (TPSA) is 96.3 Å². The molecule has 1 aliphatic carbocycles. The second kappa shape index (κ2) is 7.76. The monoisotopic (exact) mass is 402 g/mol. The molecule has 1 aromatic carbocycles. The molecule has 0 aliphatic heterocycles. The predicted molar refractivity (Wildman–Crippen MR) is 112 cm³/mol. The average Bonchev–Trinajstić information content (AvgIpc) is 3.49. The van der Waals surface area contributed by atoms with Gasteiger partial charge in [0, 0.05) is 24.4 Å². The zero-order chi connectivity index (χ0) is 20.5. The lowest BCUT2D eigenvalue weighted by atomic mass is 10.1. The zero-order valence-corrected chi connectivity index (χ0v) is 16.6. The first-order valence-corrected chi connectivity index (χ1v) is 10.0. The highest BCUT2D eigenvalue weighted by Crippen LogP contribution is 2.31. The first kappa shape index (κ1) is 18.6. The first-order chi connectivity index (χ1) is 14.6. The van der Waals surface area contributed by atoms with E-state index in [0.717, 1.165) is 23.3 Å². The third kappa shape index (κ3) is 4.11. The number of rotatable bonds is 7. The van der Waals surface area contributed by atoms with Gasteiger partial charge in [-0.3, -0.25) is 4.98 Å². The van der Waals surface area contributed by atoms with Crippen LogP contribution < -0.4 is 15.2 Å². The standard InChI is InChI=1S/C23H22N4O3/c1-14(24)16-4-6-20-21(8-16)30-23(27-20)17-5-7-22(26-10-17)29-19-9-18(11-25-12-19)28-13-15-2-3-15/h4-12,14-15H,2-3,13,24H2,1H3. The molecule has 152 valence electrons. The van der Waals surface area contributed by atoms with Crippen LogP contribution in [0.1, 0.15) is 31.4 Å². The van der Waals surface area contributed by atoms with Crippen molar-refractivity contribution in [3.8, 4) is 28.8 Å². The summed E-state index contributed by atoms with van der Waals surface area (Å²) >= 11 is 0. The third-order valence-corrected chi connectivity index (χ3v) is 5.01. The molecule has 1 unspecified atom stereocenters. The zero-order valence-electron chi connectivity index (χ0n) is 16.6.